The van der Waals surface area contributed by atoms with Crippen molar-refractivity contribution in [3.63, 3.8) is 0 Å². The fraction of sp³-hybridized carbons (Fsp3) is 0.346. The Kier molecular flexibility index (Phi) is 5.93. The highest BCUT2D eigenvalue weighted by Gasteiger charge is 2.36. The van der Waals surface area contributed by atoms with Gasteiger partial charge in [0.1, 0.15) is 6.10 Å². The van der Waals surface area contributed by atoms with Crippen molar-refractivity contribution in [2.24, 2.45) is 5.92 Å². The van der Waals surface area contributed by atoms with Gasteiger partial charge in [-0.1, -0.05) is 42.5 Å². The summed E-state index contributed by atoms with van der Waals surface area (Å²) in [5, 5.41) is 5.29. The number of carbonyl (C=O) groups is 1. The molecule has 1 fully saturated rings. The van der Waals surface area contributed by atoms with E-state index in [0.29, 0.717) is 5.92 Å². The van der Waals surface area contributed by atoms with Gasteiger partial charge in [0, 0.05) is 35.9 Å². The lowest BCUT2D eigenvalue weighted by Gasteiger charge is -2.23. The van der Waals surface area contributed by atoms with E-state index < -0.39 is 6.09 Å². The van der Waals surface area contributed by atoms with Gasteiger partial charge in [-0.3, -0.25) is 5.32 Å². The van der Waals surface area contributed by atoms with Gasteiger partial charge < -0.3 is 9.64 Å². The monoisotopic (exact) mass is 402 g/mol. The minimum absolute atomic E-state index is 0.216. The molecule has 1 saturated carbocycles. The minimum Gasteiger partial charge on any atom is -0.441 e. The summed E-state index contributed by atoms with van der Waals surface area (Å²) in [5.74, 6) is 0.396. The number of nitrogens with zero attached hydrogens (tertiary/aromatic N) is 1. The second-order valence-corrected chi connectivity index (χ2v) is 8.03. The molecule has 0 spiro atoms. The smallest absolute Gasteiger partial charge is 0.412 e. The largest absolute Gasteiger partial charge is 0.441 e. The Morgan fingerprint density at radius 2 is 1.80 bits per heavy atom. The van der Waals surface area contributed by atoms with Gasteiger partial charge in [0.2, 0.25) is 0 Å². The molecule has 1 amide bonds. The molecule has 1 atom stereocenters. The molecule has 4 rings (SSSR count). The zero-order valence-corrected chi connectivity index (χ0v) is 18.0. The van der Waals surface area contributed by atoms with E-state index in [-0.39, 0.29) is 6.10 Å². The second-order valence-electron chi connectivity index (χ2n) is 8.03. The molecule has 3 aromatic carbocycles. The van der Waals surface area contributed by atoms with Crippen LogP contribution in [0.3, 0.4) is 0 Å². The Hall–Kier alpha value is -3.01. The maximum Gasteiger partial charge on any atom is 0.412 e. The Morgan fingerprint density at radius 3 is 2.50 bits per heavy atom. The average molecular weight is 403 g/mol. The zero-order valence-electron chi connectivity index (χ0n) is 18.0. The van der Waals surface area contributed by atoms with Crippen LogP contribution >= 0.6 is 0 Å². The standard InChI is InChI=1S/C26H30N2O2/c1-4-28(5-2)21-15-16-24(18(3)17-21)27-26(29)30-25(20-13-14-20)23-12-8-10-19-9-6-7-11-22(19)23/h6-12,15-17,20,25H,4-5,13-14H2,1-3H3,(H,27,29). The van der Waals surface area contributed by atoms with Crippen LogP contribution in [-0.2, 0) is 4.74 Å². The summed E-state index contributed by atoms with van der Waals surface area (Å²) in [4.78, 5) is 15.1. The molecule has 3 aromatic rings. The number of benzene rings is 3. The lowest BCUT2D eigenvalue weighted by molar-refractivity contribution is 0.0984. The quantitative estimate of drug-likeness (QED) is 0.478. The third-order valence-corrected chi connectivity index (χ3v) is 5.99. The SMILES string of the molecule is CCN(CC)c1ccc(NC(=O)OC(c2cccc3ccccc23)C2CC2)c(C)c1. The first kappa shape index (κ1) is 20.3. The maximum absolute atomic E-state index is 12.8. The second kappa shape index (κ2) is 8.78. The number of rotatable bonds is 7. The molecule has 0 aromatic heterocycles. The molecule has 0 saturated heterocycles. The van der Waals surface area contributed by atoms with Gasteiger partial charge >= 0.3 is 6.09 Å². The number of carbonyl (C=O) groups excluding carboxylic acids is 1. The van der Waals surface area contributed by atoms with Crippen molar-refractivity contribution < 1.29 is 9.53 Å². The lowest BCUT2D eigenvalue weighted by atomic mass is 9.98. The van der Waals surface area contributed by atoms with E-state index in [1.165, 1.54) is 11.1 Å². The summed E-state index contributed by atoms with van der Waals surface area (Å²) in [5.41, 5.74) is 4.09. The highest BCUT2D eigenvalue weighted by Crippen LogP contribution is 2.45. The molecular weight excluding hydrogens is 372 g/mol. The Morgan fingerprint density at radius 1 is 1.07 bits per heavy atom. The van der Waals surface area contributed by atoms with E-state index in [1.54, 1.807) is 0 Å². The van der Waals surface area contributed by atoms with Crippen molar-refractivity contribution >= 4 is 28.2 Å². The molecule has 0 aliphatic heterocycles. The number of fused-ring (bicyclic) bond motifs is 1. The zero-order chi connectivity index (χ0) is 21.1. The van der Waals surface area contributed by atoms with Crippen LogP contribution in [0.15, 0.2) is 60.7 Å². The third-order valence-electron chi connectivity index (χ3n) is 5.99. The Balaban J connectivity index is 1.52. The van der Waals surface area contributed by atoms with E-state index in [1.807, 2.05) is 31.2 Å². The van der Waals surface area contributed by atoms with Crippen LogP contribution in [0.4, 0.5) is 16.2 Å². The molecule has 1 N–H and O–H groups in total. The summed E-state index contributed by atoms with van der Waals surface area (Å²) >= 11 is 0. The van der Waals surface area contributed by atoms with Gasteiger partial charge in [0.25, 0.3) is 0 Å². The molecule has 0 radical (unpaired) electrons. The lowest BCUT2D eigenvalue weighted by Crippen LogP contribution is -2.22. The minimum atomic E-state index is -0.390. The number of nitrogens with one attached hydrogen (secondary N) is 1. The molecule has 1 aliphatic carbocycles. The predicted octanol–water partition coefficient (Wildman–Crippen LogP) is 6.69. The number of aryl methyl sites for hydroxylation is 1. The molecule has 30 heavy (non-hydrogen) atoms. The van der Waals surface area contributed by atoms with Crippen molar-refractivity contribution in [3.05, 3.63) is 71.8 Å². The fourth-order valence-corrected chi connectivity index (χ4v) is 4.14. The normalized spacial score (nSPS) is 14.4. The van der Waals surface area contributed by atoms with Crippen molar-refractivity contribution in [1.29, 1.82) is 0 Å². The predicted molar refractivity (Wildman–Crippen MR) is 124 cm³/mol. The molecular formula is C26H30N2O2. The molecule has 1 aliphatic rings. The number of hydrogen-bond donors (Lipinski definition) is 1. The topological polar surface area (TPSA) is 41.6 Å². The van der Waals surface area contributed by atoms with Crippen molar-refractivity contribution in [1.82, 2.24) is 0 Å². The van der Waals surface area contributed by atoms with Gasteiger partial charge in [-0.05, 0) is 68.1 Å². The number of anilines is 2. The Bertz CT molecular complexity index is 1030. The van der Waals surface area contributed by atoms with E-state index >= 15 is 0 Å². The summed E-state index contributed by atoms with van der Waals surface area (Å²) in [7, 11) is 0. The average Bonchev–Trinajstić information content (AvgIpc) is 3.60. The number of amides is 1. The van der Waals surface area contributed by atoms with E-state index in [2.05, 4.69) is 60.5 Å². The van der Waals surface area contributed by atoms with Crippen molar-refractivity contribution in [2.45, 2.75) is 39.7 Å². The van der Waals surface area contributed by atoms with Gasteiger partial charge in [0.05, 0.1) is 0 Å². The van der Waals surface area contributed by atoms with E-state index in [4.69, 9.17) is 4.74 Å². The first-order chi connectivity index (χ1) is 14.6. The van der Waals surface area contributed by atoms with Gasteiger partial charge in [0.15, 0.2) is 0 Å². The van der Waals surface area contributed by atoms with Crippen LogP contribution < -0.4 is 10.2 Å². The molecule has 0 bridgehead atoms. The van der Waals surface area contributed by atoms with E-state index in [0.717, 1.165) is 48.1 Å². The summed E-state index contributed by atoms with van der Waals surface area (Å²) in [6.07, 6.45) is 1.59. The highest BCUT2D eigenvalue weighted by molar-refractivity contribution is 5.88. The molecule has 4 nitrogen and oxygen atoms in total. The third kappa shape index (κ3) is 4.28. The molecule has 156 valence electrons. The highest BCUT2D eigenvalue weighted by atomic mass is 16.6. The maximum atomic E-state index is 12.8. The van der Waals surface area contributed by atoms with E-state index in [9.17, 15) is 4.79 Å². The van der Waals surface area contributed by atoms with Crippen LogP contribution in [0, 0.1) is 12.8 Å². The summed E-state index contributed by atoms with van der Waals surface area (Å²) in [6.45, 7) is 8.23. The molecule has 0 heterocycles. The van der Waals surface area contributed by atoms with Gasteiger partial charge in [-0.25, -0.2) is 4.79 Å². The molecule has 4 heteroatoms. The first-order valence-corrected chi connectivity index (χ1v) is 10.9. The van der Waals surface area contributed by atoms with Gasteiger partial charge in [-0.15, -0.1) is 0 Å². The first-order valence-electron chi connectivity index (χ1n) is 10.9. The van der Waals surface area contributed by atoms with Crippen LogP contribution in [0.1, 0.15) is 43.9 Å². The number of ether oxygens (including phenoxy) is 1. The van der Waals surface area contributed by atoms with Crippen LogP contribution in [0.25, 0.3) is 10.8 Å². The van der Waals surface area contributed by atoms with Crippen molar-refractivity contribution in [3.8, 4) is 0 Å². The van der Waals surface area contributed by atoms with Crippen LogP contribution in [0.5, 0.6) is 0 Å². The fourth-order valence-electron chi connectivity index (χ4n) is 4.14. The van der Waals surface area contributed by atoms with Crippen LogP contribution in [-0.4, -0.2) is 19.2 Å². The number of hydrogen-bond acceptors (Lipinski definition) is 3. The van der Waals surface area contributed by atoms with Crippen molar-refractivity contribution in [2.75, 3.05) is 23.3 Å². The summed E-state index contributed by atoms with van der Waals surface area (Å²) in [6, 6.07) is 20.7. The van der Waals surface area contributed by atoms with Gasteiger partial charge in [-0.2, -0.15) is 0 Å². The van der Waals surface area contributed by atoms with Crippen LogP contribution in [0.2, 0.25) is 0 Å². The Labute approximate surface area is 178 Å². The molecule has 1 unspecified atom stereocenters. The summed E-state index contributed by atoms with van der Waals surface area (Å²) < 4.78 is 5.99.